The Labute approximate surface area is 198 Å². The van der Waals surface area contributed by atoms with E-state index in [0.29, 0.717) is 5.56 Å². The molecule has 0 radical (unpaired) electrons. The van der Waals surface area contributed by atoms with Gasteiger partial charge in [-0.05, 0) is 60.2 Å². The molecule has 0 saturated carbocycles. The van der Waals surface area contributed by atoms with E-state index in [2.05, 4.69) is 4.98 Å². The number of aliphatic hydroxyl groups excluding tert-OH is 1. The monoisotopic (exact) mass is 503 g/mol. The van der Waals surface area contributed by atoms with Gasteiger partial charge in [0, 0.05) is 23.6 Å². The van der Waals surface area contributed by atoms with Gasteiger partial charge in [-0.1, -0.05) is 23.2 Å². The Balaban J connectivity index is 1.92. The second-order valence-corrected chi connectivity index (χ2v) is 9.49. The highest BCUT2D eigenvalue weighted by Gasteiger charge is 2.47. The van der Waals surface area contributed by atoms with Gasteiger partial charge >= 0.3 is 0 Å². The molecule has 3 N–H and O–H groups in total. The van der Waals surface area contributed by atoms with E-state index in [1.54, 1.807) is 12.1 Å². The number of halogens is 2. The van der Waals surface area contributed by atoms with E-state index in [9.17, 15) is 23.1 Å². The number of pyridine rings is 1. The number of carbonyl (C=O) groups is 2. The Morgan fingerprint density at radius 1 is 0.970 bits per heavy atom. The number of amides is 1. The summed E-state index contributed by atoms with van der Waals surface area (Å²) in [6.07, 6.45) is 2.97. The molecule has 4 rings (SSSR count). The molecular weight excluding hydrogens is 489 g/mol. The quantitative estimate of drug-likeness (QED) is 0.317. The van der Waals surface area contributed by atoms with Gasteiger partial charge in [-0.3, -0.25) is 19.5 Å². The van der Waals surface area contributed by atoms with E-state index >= 15 is 0 Å². The molecule has 1 saturated heterocycles. The summed E-state index contributed by atoms with van der Waals surface area (Å²) in [4.78, 5) is 31.1. The van der Waals surface area contributed by atoms with Gasteiger partial charge in [0.2, 0.25) is 10.0 Å². The molecule has 168 valence electrons. The lowest BCUT2D eigenvalue weighted by atomic mass is 9.96. The molecular formula is C22H15Cl2N3O5S. The number of primary sulfonamides is 1. The summed E-state index contributed by atoms with van der Waals surface area (Å²) >= 11 is 12.0. The summed E-state index contributed by atoms with van der Waals surface area (Å²) in [5.74, 6) is -2.25. The van der Waals surface area contributed by atoms with Crippen molar-refractivity contribution in [1.82, 2.24) is 4.98 Å². The van der Waals surface area contributed by atoms with E-state index in [-0.39, 0.29) is 31.8 Å². The van der Waals surface area contributed by atoms with Gasteiger partial charge in [-0.2, -0.15) is 0 Å². The van der Waals surface area contributed by atoms with Crippen LogP contribution in [0.15, 0.2) is 77.5 Å². The van der Waals surface area contributed by atoms with E-state index in [1.165, 1.54) is 59.8 Å². The van der Waals surface area contributed by atoms with Crippen LogP contribution in [0, 0.1) is 0 Å². The number of ketones is 1. The van der Waals surface area contributed by atoms with Crippen molar-refractivity contribution in [2.24, 2.45) is 5.14 Å². The second kappa shape index (κ2) is 8.60. The molecule has 2 heterocycles. The van der Waals surface area contributed by atoms with E-state index in [1.807, 2.05) is 0 Å². The fourth-order valence-electron chi connectivity index (χ4n) is 3.56. The number of aromatic nitrogens is 1. The minimum Gasteiger partial charge on any atom is -0.507 e. The van der Waals surface area contributed by atoms with Crippen molar-refractivity contribution >= 4 is 56.4 Å². The lowest BCUT2D eigenvalue weighted by molar-refractivity contribution is -0.132. The van der Waals surface area contributed by atoms with Crippen molar-refractivity contribution in [2.45, 2.75) is 10.9 Å². The van der Waals surface area contributed by atoms with Crippen LogP contribution in [0.3, 0.4) is 0 Å². The average Bonchev–Trinajstić information content (AvgIpc) is 3.06. The molecule has 1 aromatic heterocycles. The molecule has 0 spiro atoms. The van der Waals surface area contributed by atoms with Crippen molar-refractivity contribution < 1.29 is 23.1 Å². The lowest BCUT2D eigenvalue weighted by Crippen LogP contribution is -2.29. The summed E-state index contributed by atoms with van der Waals surface area (Å²) in [5, 5.41) is 16.6. The number of aliphatic hydroxyl groups is 1. The van der Waals surface area contributed by atoms with Crippen LogP contribution in [-0.4, -0.2) is 30.2 Å². The third-order valence-corrected chi connectivity index (χ3v) is 6.77. The number of Topliss-reactive ketones (excluding diaryl/α,β-unsaturated/α-hetero) is 1. The zero-order chi connectivity index (χ0) is 23.9. The fourth-order valence-corrected chi connectivity index (χ4v) is 4.37. The van der Waals surface area contributed by atoms with Crippen molar-refractivity contribution in [3.63, 3.8) is 0 Å². The molecule has 1 atom stereocenters. The smallest absolute Gasteiger partial charge is 0.300 e. The van der Waals surface area contributed by atoms with Crippen LogP contribution in [0.25, 0.3) is 5.76 Å². The first-order valence-electron chi connectivity index (χ1n) is 9.39. The van der Waals surface area contributed by atoms with Crippen LogP contribution in [-0.2, 0) is 19.6 Å². The first-order valence-corrected chi connectivity index (χ1v) is 11.7. The van der Waals surface area contributed by atoms with Gasteiger partial charge in [-0.25, -0.2) is 13.6 Å². The van der Waals surface area contributed by atoms with E-state index < -0.39 is 33.5 Å². The maximum atomic E-state index is 13.1. The number of rotatable bonds is 4. The predicted octanol–water partition coefficient (Wildman–Crippen LogP) is 3.66. The third-order valence-electron chi connectivity index (χ3n) is 5.10. The molecule has 1 aliphatic heterocycles. The highest BCUT2D eigenvalue weighted by molar-refractivity contribution is 7.89. The first-order chi connectivity index (χ1) is 15.6. The lowest BCUT2D eigenvalue weighted by Gasteiger charge is -2.25. The van der Waals surface area contributed by atoms with Gasteiger partial charge in [-0.15, -0.1) is 0 Å². The number of nitrogens with two attached hydrogens (primary N) is 1. The van der Waals surface area contributed by atoms with Crippen LogP contribution in [0.4, 0.5) is 5.69 Å². The summed E-state index contributed by atoms with van der Waals surface area (Å²) in [5.41, 5.74) is 0.770. The molecule has 3 aromatic rings. The van der Waals surface area contributed by atoms with Crippen molar-refractivity contribution in [1.29, 1.82) is 0 Å². The molecule has 0 bridgehead atoms. The normalized spacial score (nSPS) is 18.0. The maximum absolute atomic E-state index is 13.1. The molecule has 11 heteroatoms. The number of nitrogens with zero attached hydrogens (tertiary/aromatic N) is 2. The molecule has 8 nitrogen and oxygen atoms in total. The number of hydrogen-bond donors (Lipinski definition) is 2. The second-order valence-electron chi connectivity index (χ2n) is 7.12. The van der Waals surface area contributed by atoms with Crippen LogP contribution in [0.2, 0.25) is 10.0 Å². The predicted molar refractivity (Wildman–Crippen MR) is 123 cm³/mol. The molecule has 1 unspecified atom stereocenters. The molecule has 33 heavy (non-hydrogen) atoms. The van der Waals surface area contributed by atoms with Crippen LogP contribution in [0.5, 0.6) is 0 Å². The van der Waals surface area contributed by atoms with Gasteiger partial charge < -0.3 is 5.11 Å². The molecule has 1 aliphatic rings. The first kappa shape index (κ1) is 22.9. The Bertz CT molecular complexity index is 1410. The average molecular weight is 504 g/mol. The number of anilines is 1. The fraction of sp³-hybridized carbons (Fsp3) is 0.0455. The summed E-state index contributed by atoms with van der Waals surface area (Å²) < 4.78 is 23.2. The van der Waals surface area contributed by atoms with Crippen LogP contribution in [0.1, 0.15) is 17.2 Å². The topological polar surface area (TPSA) is 131 Å². The van der Waals surface area contributed by atoms with Gasteiger partial charge in [0.15, 0.2) is 0 Å². The zero-order valence-electron chi connectivity index (χ0n) is 16.6. The van der Waals surface area contributed by atoms with Gasteiger partial charge in [0.05, 0.1) is 26.6 Å². The number of hydrogen-bond acceptors (Lipinski definition) is 6. The summed E-state index contributed by atoms with van der Waals surface area (Å²) in [6, 6.07) is 11.7. The van der Waals surface area contributed by atoms with Crippen LogP contribution >= 0.6 is 23.2 Å². The Kier molecular flexibility index (Phi) is 5.98. The molecule has 1 fully saturated rings. The highest BCUT2D eigenvalue weighted by atomic mass is 35.5. The minimum absolute atomic E-state index is 0.154. The SMILES string of the molecule is NS(=O)(=O)c1ccc(N2C(=O)C(=O)/C(=C(/O)c3ccc(Cl)c(Cl)c3)C2c2ccncc2)cc1. The zero-order valence-corrected chi connectivity index (χ0v) is 19.0. The van der Waals surface area contributed by atoms with E-state index in [4.69, 9.17) is 28.3 Å². The largest absolute Gasteiger partial charge is 0.507 e. The van der Waals surface area contributed by atoms with Crippen LogP contribution < -0.4 is 10.0 Å². The van der Waals surface area contributed by atoms with Crippen molar-refractivity contribution in [3.8, 4) is 0 Å². The third kappa shape index (κ3) is 4.23. The molecule has 1 amide bonds. The number of sulfonamides is 1. The van der Waals surface area contributed by atoms with Gasteiger partial charge in [0.1, 0.15) is 5.76 Å². The van der Waals surface area contributed by atoms with E-state index in [0.717, 1.165) is 0 Å². The Morgan fingerprint density at radius 2 is 1.61 bits per heavy atom. The molecule has 2 aromatic carbocycles. The Hall–Kier alpha value is -3.24. The number of benzene rings is 2. The van der Waals surface area contributed by atoms with Crippen molar-refractivity contribution in [2.75, 3.05) is 4.90 Å². The van der Waals surface area contributed by atoms with Crippen molar-refractivity contribution in [3.05, 3.63) is 93.7 Å². The summed E-state index contributed by atoms with van der Waals surface area (Å²) in [7, 11) is -3.95. The highest BCUT2D eigenvalue weighted by Crippen LogP contribution is 2.42. The Morgan fingerprint density at radius 3 is 2.18 bits per heavy atom. The summed E-state index contributed by atoms with van der Waals surface area (Å²) in [6.45, 7) is 0. The number of carbonyl (C=O) groups excluding carboxylic acids is 2. The maximum Gasteiger partial charge on any atom is 0.300 e. The standard InChI is InChI=1S/C22H15Cl2N3O5S/c23-16-6-1-13(11-17(16)24)20(28)18-19(12-7-9-26-10-8-12)27(22(30)21(18)29)14-2-4-15(5-3-14)33(25,31)32/h1-11,19,28H,(H2,25,31,32)/b20-18+. The molecule has 0 aliphatic carbocycles. The van der Waals surface area contributed by atoms with Gasteiger partial charge in [0.25, 0.3) is 11.7 Å². The minimum atomic E-state index is -3.95.